The Morgan fingerprint density at radius 1 is 1.00 bits per heavy atom. The zero-order valence-corrected chi connectivity index (χ0v) is 14.7. The fraction of sp³-hybridized carbons (Fsp3) is 0.409. The van der Waals surface area contributed by atoms with Crippen molar-refractivity contribution in [3.63, 3.8) is 0 Å². The van der Waals surface area contributed by atoms with E-state index < -0.39 is 0 Å². The van der Waals surface area contributed by atoms with Gasteiger partial charge in [-0.3, -0.25) is 4.79 Å². The van der Waals surface area contributed by atoms with Crippen LogP contribution in [-0.4, -0.2) is 23.9 Å². The average molecular weight is 335 g/mol. The van der Waals surface area contributed by atoms with Gasteiger partial charge in [-0.2, -0.15) is 0 Å². The first-order valence-electron chi connectivity index (χ1n) is 9.26. The fourth-order valence-corrected chi connectivity index (χ4v) is 3.67. The molecule has 2 fully saturated rings. The Kier molecular flexibility index (Phi) is 4.48. The molecule has 3 heteroatoms. The van der Waals surface area contributed by atoms with Gasteiger partial charge in [0.25, 0.3) is 5.91 Å². The number of amides is 1. The third-order valence-electron chi connectivity index (χ3n) is 5.33. The third kappa shape index (κ3) is 3.87. The van der Waals surface area contributed by atoms with Crippen LogP contribution in [0.5, 0.6) is 5.75 Å². The Labute approximate surface area is 149 Å². The zero-order valence-electron chi connectivity index (χ0n) is 14.7. The van der Waals surface area contributed by atoms with Crippen molar-refractivity contribution in [3.8, 4) is 5.75 Å². The summed E-state index contributed by atoms with van der Waals surface area (Å²) in [6.45, 7) is 0.541. The van der Waals surface area contributed by atoms with E-state index in [-0.39, 0.29) is 5.91 Å². The molecule has 2 aliphatic rings. The molecule has 0 radical (unpaired) electrons. The molecule has 0 aromatic heterocycles. The molecule has 2 saturated carbocycles. The van der Waals surface area contributed by atoms with Gasteiger partial charge in [0.2, 0.25) is 0 Å². The van der Waals surface area contributed by atoms with Crippen LogP contribution in [0.15, 0.2) is 54.6 Å². The highest BCUT2D eigenvalue weighted by atomic mass is 16.5. The fourth-order valence-electron chi connectivity index (χ4n) is 3.67. The molecule has 0 unspecified atom stereocenters. The van der Waals surface area contributed by atoms with Crippen molar-refractivity contribution in [3.05, 3.63) is 65.7 Å². The molecule has 4 rings (SSSR count). The van der Waals surface area contributed by atoms with Crippen LogP contribution in [-0.2, 0) is 6.61 Å². The predicted molar refractivity (Wildman–Crippen MR) is 98.5 cm³/mol. The summed E-state index contributed by atoms with van der Waals surface area (Å²) in [7, 11) is 1.98. The highest BCUT2D eigenvalue weighted by Crippen LogP contribution is 2.47. The summed E-state index contributed by atoms with van der Waals surface area (Å²) in [6, 6.07) is 18.1. The molecule has 1 amide bonds. The van der Waals surface area contributed by atoms with Crippen LogP contribution in [0.25, 0.3) is 0 Å². The van der Waals surface area contributed by atoms with E-state index in [2.05, 4.69) is 0 Å². The molecular weight excluding hydrogens is 310 g/mol. The minimum atomic E-state index is 0.137. The zero-order chi connectivity index (χ0) is 17.2. The Balaban J connectivity index is 1.38. The van der Waals surface area contributed by atoms with Crippen molar-refractivity contribution < 1.29 is 9.53 Å². The van der Waals surface area contributed by atoms with E-state index in [4.69, 9.17) is 4.74 Å². The number of rotatable bonds is 7. The second kappa shape index (κ2) is 6.91. The smallest absolute Gasteiger partial charge is 0.253 e. The summed E-state index contributed by atoms with van der Waals surface area (Å²) in [5.41, 5.74) is 1.89. The molecular formula is C22H25NO2. The molecule has 0 heterocycles. The van der Waals surface area contributed by atoms with Crippen LogP contribution in [0.4, 0.5) is 0 Å². The van der Waals surface area contributed by atoms with E-state index in [1.54, 1.807) is 0 Å². The first-order valence-corrected chi connectivity index (χ1v) is 9.26. The Morgan fingerprint density at radius 2 is 1.60 bits per heavy atom. The van der Waals surface area contributed by atoms with Crippen molar-refractivity contribution in [1.29, 1.82) is 0 Å². The SMILES string of the molecule is CN(C(=O)c1ccc(OCc2ccccc2)cc1)C(C1CC1)C1CC1. The molecule has 0 spiro atoms. The van der Waals surface area contributed by atoms with E-state index in [1.165, 1.54) is 25.7 Å². The van der Waals surface area contributed by atoms with Gasteiger partial charge in [0.15, 0.2) is 0 Å². The molecule has 0 N–H and O–H groups in total. The van der Waals surface area contributed by atoms with Crippen LogP contribution < -0.4 is 4.74 Å². The van der Waals surface area contributed by atoms with Crippen LogP contribution in [0.1, 0.15) is 41.6 Å². The lowest BCUT2D eigenvalue weighted by Crippen LogP contribution is -2.40. The van der Waals surface area contributed by atoms with Crippen molar-refractivity contribution in [1.82, 2.24) is 4.90 Å². The minimum Gasteiger partial charge on any atom is -0.489 e. The van der Waals surface area contributed by atoms with Crippen molar-refractivity contribution in [2.75, 3.05) is 7.05 Å². The second-order valence-corrected chi connectivity index (χ2v) is 7.38. The van der Waals surface area contributed by atoms with Gasteiger partial charge in [-0.05, 0) is 67.3 Å². The quantitative estimate of drug-likeness (QED) is 0.744. The normalized spacial score (nSPS) is 16.7. The molecule has 25 heavy (non-hydrogen) atoms. The van der Waals surface area contributed by atoms with E-state index in [0.717, 1.165) is 28.7 Å². The number of carbonyl (C=O) groups is 1. The first kappa shape index (κ1) is 16.2. The number of ether oxygens (including phenoxy) is 1. The maximum atomic E-state index is 12.8. The van der Waals surface area contributed by atoms with Gasteiger partial charge in [0.05, 0.1) is 0 Å². The van der Waals surface area contributed by atoms with Crippen molar-refractivity contribution in [2.24, 2.45) is 11.8 Å². The molecule has 0 atom stereocenters. The number of carbonyl (C=O) groups excluding carboxylic acids is 1. The van der Waals surface area contributed by atoms with Gasteiger partial charge >= 0.3 is 0 Å². The Bertz CT molecular complexity index is 705. The Hall–Kier alpha value is -2.29. The van der Waals surface area contributed by atoms with Gasteiger partial charge < -0.3 is 9.64 Å². The summed E-state index contributed by atoms with van der Waals surface area (Å²) in [5, 5.41) is 0. The van der Waals surface area contributed by atoms with Crippen LogP contribution in [0, 0.1) is 11.8 Å². The second-order valence-electron chi connectivity index (χ2n) is 7.38. The monoisotopic (exact) mass is 335 g/mol. The van der Waals surface area contributed by atoms with Gasteiger partial charge in [0, 0.05) is 18.7 Å². The van der Waals surface area contributed by atoms with Crippen LogP contribution in [0.2, 0.25) is 0 Å². The largest absolute Gasteiger partial charge is 0.489 e. The van der Waals surface area contributed by atoms with Crippen LogP contribution in [0.3, 0.4) is 0 Å². The van der Waals surface area contributed by atoms with E-state index in [1.807, 2.05) is 66.5 Å². The highest BCUT2D eigenvalue weighted by Gasteiger charge is 2.44. The van der Waals surface area contributed by atoms with Crippen molar-refractivity contribution >= 4 is 5.91 Å². The lowest BCUT2D eigenvalue weighted by Gasteiger charge is -2.28. The minimum absolute atomic E-state index is 0.137. The van der Waals surface area contributed by atoms with Gasteiger partial charge in [0.1, 0.15) is 12.4 Å². The predicted octanol–water partition coefficient (Wildman–Crippen LogP) is 4.53. The maximum Gasteiger partial charge on any atom is 0.253 e. The summed E-state index contributed by atoms with van der Waals surface area (Å²) >= 11 is 0. The number of hydrogen-bond acceptors (Lipinski definition) is 2. The van der Waals surface area contributed by atoms with Crippen molar-refractivity contribution in [2.45, 2.75) is 38.3 Å². The molecule has 130 valence electrons. The van der Waals surface area contributed by atoms with E-state index in [0.29, 0.717) is 12.6 Å². The molecule has 0 bridgehead atoms. The first-order chi connectivity index (χ1) is 12.2. The lowest BCUT2D eigenvalue weighted by atomic mass is 10.0. The third-order valence-corrected chi connectivity index (χ3v) is 5.33. The average Bonchev–Trinajstić information content (AvgIpc) is 3.56. The summed E-state index contributed by atoms with van der Waals surface area (Å²) in [4.78, 5) is 14.8. The molecule has 0 aliphatic heterocycles. The van der Waals surface area contributed by atoms with Gasteiger partial charge in [-0.25, -0.2) is 0 Å². The van der Waals surface area contributed by atoms with E-state index >= 15 is 0 Å². The molecule has 2 aliphatic carbocycles. The van der Waals surface area contributed by atoms with Gasteiger partial charge in [-0.15, -0.1) is 0 Å². The number of hydrogen-bond donors (Lipinski definition) is 0. The standard InChI is InChI=1S/C22H25NO2/c1-23(21(17-7-8-17)18-9-10-18)22(24)19-11-13-20(14-12-19)25-15-16-5-3-2-4-6-16/h2-6,11-14,17-18,21H,7-10,15H2,1H3. The number of benzene rings is 2. The molecule has 2 aromatic rings. The summed E-state index contributed by atoms with van der Waals surface area (Å²) < 4.78 is 5.81. The topological polar surface area (TPSA) is 29.5 Å². The molecule has 0 saturated heterocycles. The van der Waals surface area contributed by atoms with Crippen LogP contribution >= 0.6 is 0 Å². The highest BCUT2D eigenvalue weighted by molar-refractivity contribution is 5.94. The maximum absolute atomic E-state index is 12.8. The van der Waals surface area contributed by atoms with E-state index in [9.17, 15) is 4.79 Å². The lowest BCUT2D eigenvalue weighted by molar-refractivity contribution is 0.0690. The Morgan fingerprint density at radius 3 is 2.16 bits per heavy atom. The summed E-state index contributed by atoms with van der Waals surface area (Å²) in [6.07, 6.45) is 5.13. The molecule has 2 aromatic carbocycles. The molecule has 3 nitrogen and oxygen atoms in total. The number of nitrogens with zero attached hydrogens (tertiary/aromatic N) is 1. The summed E-state index contributed by atoms with van der Waals surface area (Å²) in [5.74, 6) is 2.40. The van der Waals surface area contributed by atoms with Gasteiger partial charge in [-0.1, -0.05) is 30.3 Å².